The summed E-state index contributed by atoms with van der Waals surface area (Å²) in [5.74, 6) is -0.211. The maximum Gasteiger partial charge on any atom is 0.271 e. The summed E-state index contributed by atoms with van der Waals surface area (Å²) in [5.41, 5.74) is 4.04. The second-order valence-corrected chi connectivity index (χ2v) is 4.87. The lowest BCUT2D eigenvalue weighted by Crippen LogP contribution is -2.17. The molecule has 0 aliphatic rings. The molecule has 0 spiro atoms. The molecule has 0 atom stereocenters. The van der Waals surface area contributed by atoms with E-state index in [2.05, 4.69) is 33.1 Å². The standard InChI is InChI=1S/C14H11IN2O/c15-13-8-4-5-11(9-13)10-16-17-14(18)12-6-2-1-3-7-12/h1-10H,(H,17,18)/b16-10-. The van der Waals surface area contributed by atoms with Gasteiger partial charge in [0.25, 0.3) is 5.91 Å². The molecule has 90 valence electrons. The van der Waals surface area contributed by atoms with Gasteiger partial charge in [0.1, 0.15) is 0 Å². The molecule has 2 rings (SSSR count). The zero-order chi connectivity index (χ0) is 12.8. The van der Waals surface area contributed by atoms with Gasteiger partial charge >= 0.3 is 0 Å². The lowest BCUT2D eigenvalue weighted by molar-refractivity contribution is 0.0955. The number of hydrazone groups is 1. The van der Waals surface area contributed by atoms with Crippen LogP contribution in [0.4, 0.5) is 0 Å². The highest BCUT2D eigenvalue weighted by Crippen LogP contribution is 2.05. The molecule has 0 saturated heterocycles. The highest BCUT2D eigenvalue weighted by Gasteiger charge is 2.01. The average Bonchev–Trinajstić information content (AvgIpc) is 2.40. The Morgan fingerprint density at radius 1 is 1.11 bits per heavy atom. The van der Waals surface area contributed by atoms with Crippen molar-refractivity contribution in [1.82, 2.24) is 5.43 Å². The van der Waals surface area contributed by atoms with Crippen LogP contribution >= 0.6 is 22.6 Å². The summed E-state index contributed by atoms with van der Waals surface area (Å²) in [6, 6.07) is 16.9. The van der Waals surface area contributed by atoms with Crippen molar-refractivity contribution in [3.05, 3.63) is 69.3 Å². The Balaban J connectivity index is 1.98. The number of hydrogen-bond donors (Lipinski definition) is 1. The van der Waals surface area contributed by atoms with Gasteiger partial charge in [-0.1, -0.05) is 30.3 Å². The van der Waals surface area contributed by atoms with E-state index in [0.29, 0.717) is 5.56 Å². The Hall–Kier alpha value is -1.69. The molecule has 0 radical (unpaired) electrons. The highest BCUT2D eigenvalue weighted by atomic mass is 127. The van der Waals surface area contributed by atoms with E-state index >= 15 is 0 Å². The summed E-state index contributed by atoms with van der Waals surface area (Å²) in [7, 11) is 0. The molecule has 1 amide bonds. The maximum atomic E-state index is 11.7. The van der Waals surface area contributed by atoms with Gasteiger partial charge in [-0.15, -0.1) is 0 Å². The van der Waals surface area contributed by atoms with Crippen molar-refractivity contribution < 1.29 is 4.79 Å². The van der Waals surface area contributed by atoms with Gasteiger partial charge in [0.05, 0.1) is 6.21 Å². The number of rotatable bonds is 3. The predicted octanol–water partition coefficient (Wildman–Crippen LogP) is 3.06. The first-order valence-corrected chi connectivity index (χ1v) is 6.47. The van der Waals surface area contributed by atoms with Gasteiger partial charge in [-0.05, 0) is 52.4 Å². The monoisotopic (exact) mass is 350 g/mol. The van der Waals surface area contributed by atoms with E-state index in [9.17, 15) is 4.79 Å². The Morgan fingerprint density at radius 3 is 2.61 bits per heavy atom. The van der Waals surface area contributed by atoms with E-state index < -0.39 is 0 Å². The number of nitrogens with one attached hydrogen (secondary N) is 1. The predicted molar refractivity (Wildman–Crippen MR) is 80.7 cm³/mol. The molecule has 2 aromatic rings. The third-order valence-electron chi connectivity index (χ3n) is 2.26. The van der Waals surface area contributed by atoms with E-state index in [1.165, 1.54) is 0 Å². The minimum atomic E-state index is -0.211. The lowest BCUT2D eigenvalue weighted by atomic mass is 10.2. The molecule has 2 aromatic carbocycles. The number of carbonyl (C=O) groups is 1. The molecule has 0 fully saturated rings. The van der Waals surface area contributed by atoms with Crippen LogP contribution in [-0.4, -0.2) is 12.1 Å². The minimum Gasteiger partial charge on any atom is -0.267 e. The first kappa shape index (κ1) is 12.8. The fourth-order valence-corrected chi connectivity index (χ4v) is 1.97. The van der Waals surface area contributed by atoms with Gasteiger partial charge in [0.15, 0.2) is 0 Å². The Kier molecular flexibility index (Phi) is 4.46. The minimum absolute atomic E-state index is 0.211. The third kappa shape index (κ3) is 3.66. The van der Waals surface area contributed by atoms with Gasteiger partial charge in [-0.2, -0.15) is 5.10 Å². The number of hydrogen-bond acceptors (Lipinski definition) is 2. The zero-order valence-corrected chi connectivity index (χ0v) is 11.7. The normalized spacial score (nSPS) is 10.5. The molecular formula is C14H11IN2O. The molecule has 4 heteroatoms. The van der Waals surface area contributed by atoms with Crippen LogP contribution in [0.15, 0.2) is 59.7 Å². The molecule has 18 heavy (non-hydrogen) atoms. The smallest absolute Gasteiger partial charge is 0.267 e. The van der Waals surface area contributed by atoms with E-state index in [4.69, 9.17) is 0 Å². The van der Waals surface area contributed by atoms with Crippen molar-refractivity contribution in [1.29, 1.82) is 0 Å². The number of benzene rings is 2. The molecule has 0 aliphatic heterocycles. The van der Waals surface area contributed by atoms with Gasteiger partial charge < -0.3 is 0 Å². The number of amides is 1. The van der Waals surface area contributed by atoms with Crippen LogP contribution in [0.3, 0.4) is 0 Å². The summed E-state index contributed by atoms with van der Waals surface area (Å²) in [4.78, 5) is 11.7. The number of nitrogens with zero attached hydrogens (tertiary/aromatic N) is 1. The van der Waals surface area contributed by atoms with Crippen LogP contribution in [0.5, 0.6) is 0 Å². The summed E-state index contributed by atoms with van der Waals surface area (Å²) < 4.78 is 1.13. The van der Waals surface area contributed by atoms with Crippen LogP contribution in [-0.2, 0) is 0 Å². The first-order chi connectivity index (χ1) is 8.75. The lowest BCUT2D eigenvalue weighted by Gasteiger charge is -1.99. The molecule has 0 aromatic heterocycles. The molecule has 0 unspecified atom stereocenters. The number of halogens is 1. The first-order valence-electron chi connectivity index (χ1n) is 5.40. The highest BCUT2D eigenvalue weighted by molar-refractivity contribution is 14.1. The van der Waals surface area contributed by atoms with Crippen molar-refractivity contribution in [3.8, 4) is 0 Å². The molecule has 0 saturated carbocycles. The van der Waals surface area contributed by atoms with Crippen molar-refractivity contribution in [2.45, 2.75) is 0 Å². The van der Waals surface area contributed by atoms with Crippen LogP contribution in [0.2, 0.25) is 0 Å². The Labute approximate surface area is 119 Å². The van der Waals surface area contributed by atoms with Crippen LogP contribution in [0.25, 0.3) is 0 Å². The maximum absolute atomic E-state index is 11.7. The van der Waals surface area contributed by atoms with E-state index in [-0.39, 0.29) is 5.91 Å². The second kappa shape index (κ2) is 6.30. The van der Waals surface area contributed by atoms with Gasteiger partial charge in [0, 0.05) is 9.13 Å². The molecule has 1 N–H and O–H groups in total. The Bertz CT molecular complexity index is 567. The largest absolute Gasteiger partial charge is 0.271 e. The molecule has 0 heterocycles. The number of carbonyl (C=O) groups excluding carboxylic acids is 1. The summed E-state index contributed by atoms with van der Waals surface area (Å²) in [6.45, 7) is 0. The quantitative estimate of drug-likeness (QED) is 0.516. The van der Waals surface area contributed by atoms with Crippen molar-refractivity contribution in [3.63, 3.8) is 0 Å². The summed E-state index contributed by atoms with van der Waals surface area (Å²) in [5, 5.41) is 3.93. The summed E-state index contributed by atoms with van der Waals surface area (Å²) in [6.07, 6.45) is 1.63. The molecule has 3 nitrogen and oxygen atoms in total. The van der Waals surface area contributed by atoms with Crippen LogP contribution < -0.4 is 5.43 Å². The third-order valence-corrected chi connectivity index (χ3v) is 2.94. The molecule has 0 aliphatic carbocycles. The van der Waals surface area contributed by atoms with Crippen molar-refractivity contribution in [2.75, 3.05) is 0 Å². The average molecular weight is 350 g/mol. The molecule has 0 bridgehead atoms. The Morgan fingerprint density at radius 2 is 1.89 bits per heavy atom. The van der Waals surface area contributed by atoms with Gasteiger partial charge in [-0.25, -0.2) is 5.43 Å². The summed E-state index contributed by atoms with van der Waals surface area (Å²) >= 11 is 2.23. The molecular weight excluding hydrogens is 339 g/mol. The SMILES string of the molecule is O=C(N/N=C\c1cccc(I)c1)c1ccccc1. The van der Waals surface area contributed by atoms with Gasteiger partial charge in [-0.3, -0.25) is 4.79 Å². The second-order valence-electron chi connectivity index (χ2n) is 3.62. The van der Waals surface area contributed by atoms with E-state index in [0.717, 1.165) is 9.13 Å². The van der Waals surface area contributed by atoms with Crippen LogP contribution in [0.1, 0.15) is 15.9 Å². The van der Waals surface area contributed by atoms with Crippen LogP contribution in [0, 0.1) is 3.57 Å². The zero-order valence-electron chi connectivity index (χ0n) is 9.51. The topological polar surface area (TPSA) is 41.5 Å². The van der Waals surface area contributed by atoms with Crippen molar-refractivity contribution in [2.24, 2.45) is 5.10 Å². The van der Waals surface area contributed by atoms with E-state index in [1.807, 2.05) is 42.5 Å². The van der Waals surface area contributed by atoms with E-state index in [1.54, 1.807) is 18.3 Å². The fourth-order valence-electron chi connectivity index (χ4n) is 1.41. The van der Waals surface area contributed by atoms with Crippen molar-refractivity contribution >= 4 is 34.7 Å². The van der Waals surface area contributed by atoms with Gasteiger partial charge in [0.2, 0.25) is 0 Å². The fraction of sp³-hybridized carbons (Fsp3) is 0.